The van der Waals surface area contributed by atoms with E-state index in [4.69, 9.17) is 17.0 Å². The minimum atomic E-state index is -1.11. The molecule has 6 atom stereocenters. The SMILES string of the molecule is COC(=S)N[C@H](C)[C@H]1C(=O)N2C(C(=O)O)=C(S[C@@H]3CN[C@H](C(=O)N(C)C)C3)[C@H](C)[C@]12C. The number of rotatable bonds is 6. The number of ether oxygens (including phenoxy) is 1. The highest BCUT2D eigenvalue weighted by Crippen LogP contribution is 2.58. The van der Waals surface area contributed by atoms with Gasteiger partial charge in [-0.15, -0.1) is 11.8 Å². The molecule has 11 heteroatoms. The van der Waals surface area contributed by atoms with E-state index in [2.05, 4.69) is 10.6 Å². The quantitative estimate of drug-likeness (QED) is 0.380. The normalized spacial score (nSPS) is 33.0. The van der Waals surface area contributed by atoms with Crippen molar-refractivity contribution in [3.05, 3.63) is 10.6 Å². The first-order valence-electron chi connectivity index (χ1n) is 10.2. The van der Waals surface area contributed by atoms with Gasteiger partial charge in [0, 0.05) is 42.8 Å². The number of hydrogen-bond donors (Lipinski definition) is 3. The van der Waals surface area contributed by atoms with Crippen molar-refractivity contribution >= 4 is 46.9 Å². The van der Waals surface area contributed by atoms with Crippen molar-refractivity contribution in [2.75, 3.05) is 27.7 Å². The molecule has 0 bridgehead atoms. The number of carbonyl (C=O) groups is 3. The Balaban J connectivity index is 1.82. The van der Waals surface area contributed by atoms with Crippen LogP contribution in [-0.4, -0.2) is 88.5 Å². The maximum Gasteiger partial charge on any atom is 0.353 e. The van der Waals surface area contributed by atoms with Crippen molar-refractivity contribution in [2.24, 2.45) is 11.8 Å². The number of carboxylic acids is 1. The Morgan fingerprint density at radius 3 is 2.65 bits per heavy atom. The standard InChI is InChI=1S/C20H30N4O5S2/c1-9-15(31-11-7-12(21-8-11)16(25)23(4)5)14(18(27)28)24-17(26)13(20(9,24)3)10(2)22-19(30)29-6/h9-13,21H,7-8H2,1-6H3,(H,22,30)(H,27,28)/t9-,10+,11-,12-,13-,20+/m0/s1. The molecule has 0 radical (unpaired) electrons. The Morgan fingerprint density at radius 1 is 1.45 bits per heavy atom. The molecule has 3 heterocycles. The van der Waals surface area contributed by atoms with Gasteiger partial charge in [0.2, 0.25) is 11.8 Å². The summed E-state index contributed by atoms with van der Waals surface area (Å²) in [6, 6.07) is -0.586. The molecule has 9 nitrogen and oxygen atoms in total. The molecule has 0 saturated carbocycles. The third-order valence-electron chi connectivity index (χ3n) is 6.68. The molecule has 2 fully saturated rings. The number of nitrogens with one attached hydrogen (secondary N) is 2. The first-order chi connectivity index (χ1) is 14.4. The molecule has 2 amide bonds. The Bertz CT molecular complexity index is 847. The highest BCUT2D eigenvalue weighted by molar-refractivity contribution is 8.03. The van der Waals surface area contributed by atoms with Crippen LogP contribution < -0.4 is 10.6 Å². The van der Waals surface area contributed by atoms with Crippen molar-refractivity contribution in [3.8, 4) is 0 Å². The van der Waals surface area contributed by atoms with E-state index in [1.54, 1.807) is 19.0 Å². The zero-order valence-corrected chi connectivity index (χ0v) is 20.2. The van der Waals surface area contributed by atoms with Crippen LogP contribution in [0.2, 0.25) is 0 Å². The summed E-state index contributed by atoms with van der Waals surface area (Å²) < 4.78 is 5.01. The number of thioether (sulfide) groups is 1. The van der Waals surface area contributed by atoms with Gasteiger partial charge < -0.3 is 25.4 Å². The van der Waals surface area contributed by atoms with Crippen LogP contribution in [0.1, 0.15) is 27.2 Å². The molecule has 3 aliphatic heterocycles. The largest absolute Gasteiger partial charge is 0.477 e. The lowest BCUT2D eigenvalue weighted by Gasteiger charge is -2.56. The van der Waals surface area contributed by atoms with Gasteiger partial charge in [-0.2, -0.15) is 0 Å². The molecule has 31 heavy (non-hydrogen) atoms. The molecule has 0 aromatic carbocycles. The molecule has 2 saturated heterocycles. The zero-order chi connectivity index (χ0) is 23.2. The van der Waals surface area contributed by atoms with Crippen LogP contribution in [0.25, 0.3) is 0 Å². The van der Waals surface area contributed by atoms with Crippen LogP contribution >= 0.6 is 24.0 Å². The number of carboxylic acid groups (broad SMARTS) is 1. The minimum Gasteiger partial charge on any atom is -0.477 e. The van der Waals surface area contributed by atoms with E-state index in [1.807, 2.05) is 20.8 Å². The number of amides is 2. The fourth-order valence-corrected chi connectivity index (χ4v) is 6.72. The van der Waals surface area contributed by atoms with Crippen LogP contribution in [0.15, 0.2) is 10.6 Å². The predicted octanol–water partition coefficient (Wildman–Crippen LogP) is 0.611. The molecule has 0 aliphatic carbocycles. The molecule has 0 spiro atoms. The van der Waals surface area contributed by atoms with Crippen LogP contribution in [-0.2, 0) is 19.1 Å². The van der Waals surface area contributed by atoms with Gasteiger partial charge in [-0.1, -0.05) is 6.92 Å². The monoisotopic (exact) mass is 470 g/mol. The van der Waals surface area contributed by atoms with E-state index in [-0.39, 0.29) is 45.9 Å². The fourth-order valence-electron chi connectivity index (χ4n) is 4.97. The maximum absolute atomic E-state index is 13.1. The highest BCUT2D eigenvalue weighted by atomic mass is 32.2. The number of β-lactam (4-membered cyclic amide) rings is 1. The molecule has 0 unspecified atom stereocenters. The van der Waals surface area contributed by atoms with Gasteiger partial charge in [0.1, 0.15) is 5.70 Å². The predicted molar refractivity (Wildman–Crippen MR) is 121 cm³/mol. The lowest BCUT2D eigenvalue weighted by Crippen LogP contribution is -2.73. The lowest BCUT2D eigenvalue weighted by atomic mass is 9.66. The first-order valence-corrected chi connectivity index (χ1v) is 11.5. The summed E-state index contributed by atoms with van der Waals surface area (Å²) in [6.07, 6.45) is 0.610. The first kappa shape index (κ1) is 23.8. The van der Waals surface area contributed by atoms with E-state index < -0.39 is 17.4 Å². The summed E-state index contributed by atoms with van der Waals surface area (Å²) in [5, 5.41) is 16.4. The second kappa shape index (κ2) is 8.59. The van der Waals surface area contributed by atoms with Crippen LogP contribution in [0.5, 0.6) is 0 Å². The number of fused-ring (bicyclic) bond motifs is 1. The van der Waals surface area contributed by atoms with Crippen molar-refractivity contribution in [2.45, 2.75) is 50.1 Å². The molecule has 172 valence electrons. The summed E-state index contributed by atoms with van der Waals surface area (Å²) in [5.74, 6) is -1.94. The second-order valence-electron chi connectivity index (χ2n) is 8.71. The summed E-state index contributed by atoms with van der Waals surface area (Å²) in [5.41, 5.74) is -0.612. The molecule has 3 N–H and O–H groups in total. The molecule has 0 aromatic rings. The van der Waals surface area contributed by atoms with Crippen LogP contribution in [0, 0.1) is 11.8 Å². The van der Waals surface area contributed by atoms with Crippen LogP contribution in [0.4, 0.5) is 0 Å². The Hall–Kier alpha value is -1.85. The van der Waals surface area contributed by atoms with Crippen molar-refractivity contribution in [1.82, 2.24) is 20.4 Å². The van der Waals surface area contributed by atoms with Gasteiger partial charge in [-0.3, -0.25) is 14.5 Å². The minimum absolute atomic E-state index is 0.00930. The molecule has 3 rings (SSSR count). The number of hydrogen-bond acceptors (Lipinski definition) is 7. The zero-order valence-electron chi connectivity index (χ0n) is 18.6. The highest BCUT2D eigenvalue weighted by Gasteiger charge is 2.68. The van der Waals surface area contributed by atoms with Gasteiger partial charge in [0.05, 0.1) is 24.6 Å². The number of methoxy groups -OCH3 is 1. The second-order valence-corrected chi connectivity index (χ2v) is 10.4. The van der Waals surface area contributed by atoms with E-state index >= 15 is 0 Å². The third kappa shape index (κ3) is 3.80. The summed E-state index contributed by atoms with van der Waals surface area (Å²) in [6.45, 7) is 6.36. The topological polar surface area (TPSA) is 111 Å². The van der Waals surface area contributed by atoms with Crippen molar-refractivity contribution in [1.29, 1.82) is 0 Å². The molecule has 0 aromatic heterocycles. The van der Waals surface area contributed by atoms with Gasteiger partial charge in [0.15, 0.2) is 0 Å². The maximum atomic E-state index is 13.1. The Morgan fingerprint density at radius 2 is 2.10 bits per heavy atom. The van der Waals surface area contributed by atoms with E-state index in [1.165, 1.54) is 23.8 Å². The average Bonchev–Trinajstić information content (AvgIpc) is 3.23. The van der Waals surface area contributed by atoms with E-state index in [9.17, 15) is 19.5 Å². The number of likely N-dealkylation sites (N-methyl/N-ethyl adjacent to an activating group) is 1. The Labute approximate surface area is 191 Å². The average molecular weight is 471 g/mol. The van der Waals surface area contributed by atoms with E-state index in [0.29, 0.717) is 17.9 Å². The fraction of sp³-hybridized carbons (Fsp3) is 0.700. The van der Waals surface area contributed by atoms with Crippen molar-refractivity contribution in [3.63, 3.8) is 0 Å². The number of nitrogens with zero attached hydrogens (tertiary/aromatic N) is 2. The van der Waals surface area contributed by atoms with E-state index in [0.717, 1.165) is 0 Å². The number of aliphatic carboxylic acids is 1. The van der Waals surface area contributed by atoms with Crippen LogP contribution in [0.3, 0.4) is 0 Å². The number of thiocarbonyl (C=S) groups is 1. The molecular weight excluding hydrogens is 440 g/mol. The number of carbonyl (C=O) groups excluding carboxylic acids is 2. The van der Waals surface area contributed by atoms with Gasteiger partial charge in [0.25, 0.3) is 5.17 Å². The van der Waals surface area contributed by atoms with Crippen molar-refractivity contribution < 1.29 is 24.2 Å². The molecular formula is C20H30N4O5S2. The summed E-state index contributed by atoms with van der Waals surface area (Å²) in [4.78, 5) is 41.2. The lowest BCUT2D eigenvalue weighted by molar-refractivity contribution is -0.170. The third-order valence-corrected chi connectivity index (χ3v) is 8.46. The van der Waals surface area contributed by atoms with Gasteiger partial charge in [-0.05, 0) is 32.5 Å². The Kier molecular flexibility index (Phi) is 6.60. The smallest absolute Gasteiger partial charge is 0.353 e. The summed E-state index contributed by atoms with van der Waals surface area (Å²) >= 11 is 6.55. The van der Waals surface area contributed by atoms with Gasteiger partial charge in [-0.25, -0.2) is 4.79 Å². The summed E-state index contributed by atoms with van der Waals surface area (Å²) in [7, 11) is 4.90. The van der Waals surface area contributed by atoms with Gasteiger partial charge >= 0.3 is 5.97 Å². The molecule has 3 aliphatic rings.